The van der Waals surface area contributed by atoms with Gasteiger partial charge in [-0.3, -0.25) is 4.68 Å². The minimum absolute atomic E-state index is 0.183. The van der Waals surface area contributed by atoms with Crippen molar-refractivity contribution in [2.24, 2.45) is 0 Å². The van der Waals surface area contributed by atoms with Crippen molar-refractivity contribution in [3.05, 3.63) is 48.4 Å². The Labute approximate surface area is 192 Å². The normalized spacial score (nSPS) is 17.6. The first kappa shape index (κ1) is 21.8. The molecule has 5 rings (SSSR count). The van der Waals surface area contributed by atoms with Crippen molar-refractivity contribution in [3.63, 3.8) is 0 Å². The highest BCUT2D eigenvalue weighted by molar-refractivity contribution is 5.63. The fourth-order valence-corrected chi connectivity index (χ4v) is 4.73. The van der Waals surface area contributed by atoms with Gasteiger partial charge in [-0.05, 0) is 37.6 Å². The Bertz CT molecular complexity index is 1100. The van der Waals surface area contributed by atoms with E-state index in [-0.39, 0.29) is 17.5 Å². The maximum Gasteiger partial charge on any atom is 0.227 e. The first-order valence-corrected chi connectivity index (χ1v) is 11.7. The lowest BCUT2D eigenvalue weighted by atomic mass is 10.2. The smallest absolute Gasteiger partial charge is 0.227 e. The summed E-state index contributed by atoms with van der Waals surface area (Å²) < 4.78 is 31.3. The van der Waals surface area contributed by atoms with Crippen LogP contribution in [0.2, 0.25) is 0 Å². The third-order valence-electron chi connectivity index (χ3n) is 6.68. The van der Waals surface area contributed by atoms with Gasteiger partial charge >= 0.3 is 0 Å². The molecule has 174 valence electrons. The van der Waals surface area contributed by atoms with Crippen LogP contribution < -0.4 is 10.2 Å². The standard InChI is InChI=1S/C24H29F2N7/c1-2-31-9-11-32(12-10-31)22-8-7-18(13-20(22)25)29-24-27-15-21(26)23(30-24)17-14-28-33(16-17)19-5-3-4-6-19/h7-8,13-16,19H,2-6,9-12H2,1H3,(H,27,29,30). The highest BCUT2D eigenvalue weighted by Crippen LogP contribution is 2.31. The molecular formula is C24H29F2N7. The fraction of sp³-hybridized carbons (Fsp3) is 0.458. The molecule has 9 heteroatoms. The topological polar surface area (TPSA) is 62.1 Å². The number of anilines is 3. The average Bonchev–Trinajstić information content (AvgIpc) is 3.53. The van der Waals surface area contributed by atoms with E-state index >= 15 is 0 Å². The SMILES string of the molecule is CCN1CCN(c2ccc(Nc3ncc(F)c(-c4cnn(C5CCCC5)c4)n3)cc2F)CC1. The summed E-state index contributed by atoms with van der Waals surface area (Å²) in [4.78, 5) is 12.8. The minimum Gasteiger partial charge on any atom is -0.367 e. The van der Waals surface area contributed by atoms with E-state index in [1.54, 1.807) is 18.3 Å². The van der Waals surface area contributed by atoms with Crippen molar-refractivity contribution in [1.29, 1.82) is 0 Å². The van der Waals surface area contributed by atoms with Crippen LogP contribution in [0.4, 0.5) is 26.1 Å². The highest BCUT2D eigenvalue weighted by Gasteiger charge is 2.21. The van der Waals surface area contributed by atoms with E-state index in [4.69, 9.17) is 0 Å². The van der Waals surface area contributed by atoms with Crippen LogP contribution in [-0.2, 0) is 0 Å². The predicted molar refractivity (Wildman–Crippen MR) is 125 cm³/mol. The van der Waals surface area contributed by atoms with Crippen LogP contribution >= 0.6 is 0 Å². The quantitative estimate of drug-likeness (QED) is 0.588. The molecule has 0 unspecified atom stereocenters. The number of aromatic nitrogens is 4. The zero-order valence-corrected chi connectivity index (χ0v) is 18.8. The molecule has 0 bridgehead atoms. The zero-order chi connectivity index (χ0) is 22.8. The first-order valence-electron chi connectivity index (χ1n) is 11.7. The highest BCUT2D eigenvalue weighted by atomic mass is 19.1. The van der Waals surface area contributed by atoms with E-state index in [2.05, 4.69) is 37.1 Å². The van der Waals surface area contributed by atoms with Crippen LogP contribution in [0.5, 0.6) is 0 Å². The molecule has 1 N–H and O–H groups in total. The lowest BCUT2D eigenvalue weighted by Gasteiger charge is -2.35. The van der Waals surface area contributed by atoms with E-state index in [0.29, 0.717) is 23.0 Å². The molecule has 0 spiro atoms. The zero-order valence-electron chi connectivity index (χ0n) is 18.8. The monoisotopic (exact) mass is 453 g/mol. The molecule has 7 nitrogen and oxygen atoms in total. The summed E-state index contributed by atoms with van der Waals surface area (Å²) in [5.41, 5.74) is 1.90. The number of halogens is 2. The number of nitrogens with one attached hydrogen (secondary N) is 1. The van der Waals surface area contributed by atoms with Crippen LogP contribution in [-0.4, -0.2) is 57.4 Å². The molecule has 1 aliphatic heterocycles. The molecular weight excluding hydrogens is 424 g/mol. The van der Waals surface area contributed by atoms with Crippen molar-refractivity contribution < 1.29 is 8.78 Å². The van der Waals surface area contributed by atoms with Crippen molar-refractivity contribution in [1.82, 2.24) is 24.6 Å². The number of hydrogen-bond donors (Lipinski definition) is 1. The van der Waals surface area contributed by atoms with Crippen LogP contribution in [0.15, 0.2) is 36.8 Å². The minimum atomic E-state index is -0.515. The molecule has 1 saturated carbocycles. The van der Waals surface area contributed by atoms with E-state index in [9.17, 15) is 8.78 Å². The van der Waals surface area contributed by atoms with Crippen molar-refractivity contribution >= 4 is 17.3 Å². The summed E-state index contributed by atoms with van der Waals surface area (Å²) in [6, 6.07) is 5.38. The number of benzene rings is 1. The van der Waals surface area contributed by atoms with Crippen molar-refractivity contribution in [2.75, 3.05) is 42.9 Å². The van der Waals surface area contributed by atoms with Crippen molar-refractivity contribution in [2.45, 2.75) is 38.6 Å². The number of nitrogens with zero attached hydrogens (tertiary/aromatic N) is 6. The summed E-state index contributed by atoms with van der Waals surface area (Å²) in [6.45, 7) is 6.62. The second-order valence-electron chi connectivity index (χ2n) is 8.75. The Morgan fingerprint density at radius 3 is 2.55 bits per heavy atom. The summed E-state index contributed by atoms with van der Waals surface area (Å²) in [7, 11) is 0. The molecule has 2 aromatic heterocycles. The van der Waals surface area contributed by atoms with E-state index in [1.165, 1.54) is 18.9 Å². The van der Waals surface area contributed by atoms with Crippen LogP contribution in [0.1, 0.15) is 38.6 Å². The molecule has 0 atom stereocenters. The Hall–Kier alpha value is -3.07. The second kappa shape index (κ2) is 9.43. The Morgan fingerprint density at radius 2 is 1.82 bits per heavy atom. The Balaban J connectivity index is 1.31. The Morgan fingerprint density at radius 1 is 1.03 bits per heavy atom. The van der Waals surface area contributed by atoms with Gasteiger partial charge in [-0.15, -0.1) is 0 Å². The number of piperazine rings is 1. The maximum absolute atomic E-state index is 14.9. The van der Waals surface area contributed by atoms with Gasteiger partial charge in [-0.25, -0.2) is 18.7 Å². The molecule has 1 saturated heterocycles. The van der Waals surface area contributed by atoms with Gasteiger partial charge in [-0.1, -0.05) is 19.8 Å². The average molecular weight is 454 g/mol. The van der Waals surface area contributed by atoms with Gasteiger partial charge in [0.05, 0.1) is 24.1 Å². The van der Waals surface area contributed by atoms with Crippen LogP contribution in [0, 0.1) is 11.6 Å². The van der Waals surface area contributed by atoms with Gasteiger partial charge in [0.15, 0.2) is 5.82 Å². The van der Waals surface area contributed by atoms with Gasteiger partial charge in [0, 0.05) is 43.6 Å². The third-order valence-corrected chi connectivity index (χ3v) is 6.68. The summed E-state index contributed by atoms with van der Waals surface area (Å²) in [5.74, 6) is -0.604. The third kappa shape index (κ3) is 4.68. The molecule has 1 aromatic carbocycles. The van der Waals surface area contributed by atoms with Crippen LogP contribution in [0.25, 0.3) is 11.3 Å². The van der Waals surface area contributed by atoms with Gasteiger partial charge in [-0.2, -0.15) is 5.10 Å². The lowest BCUT2D eigenvalue weighted by molar-refractivity contribution is 0.270. The van der Waals surface area contributed by atoms with Gasteiger partial charge in [0.2, 0.25) is 5.95 Å². The molecule has 1 aliphatic carbocycles. The largest absolute Gasteiger partial charge is 0.367 e. The van der Waals surface area contributed by atoms with E-state index in [1.807, 2.05) is 10.9 Å². The van der Waals surface area contributed by atoms with Gasteiger partial charge in [0.25, 0.3) is 0 Å². The molecule has 33 heavy (non-hydrogen) atoms. The van der Waals surface area contributed by atoms with E-state index < -0.39 is 5.82 Å². The summed E-state index contributed by atoms with van der Waals surface area (Å²) in [6.07, 6.45) is 9.19. The summed E-state index contributed by atoms with van der Waals surface area (Å²) >= 11 is 0. The van der Waals surface area contributed by atoms with Crippen LogP contribution in [0.3, 0.4) is 0 Å². The second-order valence-corrected chi connectivity index (χ2v) is 8.75. The lowest BCUT2D eigenvalue weighted by Crippen LogP contribution is -2.46. The summed E-state index contributed by atoms with van der Waals surface area (Å²) in [5, 5.41) is 7.42. The maximum atomic E-state index is 14.9. The number of likely N-dealkylation sites (N-methyl/N-ethyl adjacent to an activating group) is 1. The van der Waals surface area contributed by atoms with Gasteiger partial charge < -0.3 is 15.1 Å². The number of hydrogen-bond acceptors (Lipinski definition) is 6. The van der Waals surface area contributed by atoms with Gasteiger partial charge in [0.1, 0.15) is 11.5 Å². The molecule has 0 radical (unpaired) electrons. The molecule has 3 aromatic rings. The molecule has 3 heterocycles. The molecule has 0 amide bonds. The Kier molecular flexibility index (Phi) is 6.22. The van der Waals surface area contributed by atoms with E-state index in [0.717, 1.165) is 51.8 Å². The molecule has 2 fully saturated rings. The number of rotatable bonds is 6. The first-order chi connectivity index (χ1) is 16.1. The van der Waals surface area contributed by atoms with Crippen molar-refractivity contribution in [3.8, 4) is 11.3 Å². The predicted octanol–water partition coefficient (Wildman–Crippen LogP) is 4.62. The molecule has 2 aliphatic rings. The fourth-order valence-electron chi connectivity index (χ4n) is 4.73.